The number of hydrogen-bond acceptors (Lipinski definition) is 1. The standard InChI is InChI=1S/C13H27N/c1-4-6-7-13(14-5-2)12-9-8-11(3)10-12/h11-14H,4-10H2,1-3H3. The van der Waals surface area contributed by atoms with Gasteiger partial charge in [0.05, 0.1) is 0 Å². The van der Waals surface area contributed by atoms with Crippen LogP contribution in [0.2, 0.25) is 0 Å². The zero-order valence-electron chi connectivity index (χ0n) is 10.2. The molecule has 14 heavy (non-hydrogen) atoms. The second-order valence-electron chi connectivity index (χ2n) is 4.98. The second-order valence-corrected chi connectivity index (χ2v) is 4.98. The molecule has 0 saturated heterocycles. The molecule has 1 saturated carbocycles. The highest BCUT2D eigenvalue weighted by Crippen LogP contribution is 2.34. The minimum Gasteiger partial charge on any atom is -0.314 e. The summed E-state index contributed by atoms with van der Waals surface area (Å²) >= 11 is 0. The summed E-state index contributed by atoms with van der Waals surface area (Å²) in [4.78, 5) is 0. The summed E-state index contributed by atoms with van der Waals surface area (Å²) in [5, 5.41) is 3.68. The third kappa shape index (κ3) is 3.61. The van der Waals surface area contributed by atoms with Crippen LogP contribution in [-0.2, 0) is 0 Å². The quantitative estimate of drug-likeness (QED) is 0.686. The molecule has 3 atom stereocenters. The Labute approximate surface area is 89.7 Å². The highest BCUT2D eigenvalue weighted by Gasteiger charge is 2.27. The van der Waals surface area contributed by atoms with Crippen molar-refractivity contribution >= 4 is 0 Å². The highest BCUT2D eigenvalue weighted by molar-refractivity contribution is 4.82. The van der Waals surface area contributed by atoms with Crippen molar-refractivity contribution in [1.29, 1.82) is 0 Å². The Morgan fingerprint density at radius 1 is 1.29 bits per heavy atom. The van der Waals surface area contributed by atoms with Crippen molar-refractivity contribution in [2.24, 2.45) is 11.8 Å². The van der Waals surface area contributed by atoms with Gasteiger partial charge in [0.1, 0.15) is 0 Å². The van der Waals surface area contributed by atoms with Gasteiger partial charge in [0, 0.05) is 6.04 Å². The minimum absolute atomic E-state index is 0.810. The lowest BCUT2D eigenvalue weighted by atomic mass is 9.93. The molecule has 1 aliphatic carbocycles. The third-order valence-electron chi connectivity index (χ3n) is 3.64. The zero-order valence-corrected chi connectivity index (χ0v) is 10.2. The van der Waals surface area contributed by atoms with E-state index in [1.165, 1.54) is 38.5 Å². The largest absolute Gasteiger partial charge is 0.314 e. The highest BCUT2D eigenvalue weighted by atomic mass is 14.9. The summed E-state index contributed by atoms with van der Waals surface area (Å²) < 4.78 is 0. The molecular weight excluding hydrogens is 170 g/mol. The predicted molar refractivity (Wildman–Crippen MR) is 63.5 cm³/mol. The molecule has 0 aliphatic heterocycles. The Hall–Kier alpha value is -0.0400. The summed E-state index contributed by atoms with van der Waals surface area (Å²) in [6.45, 7) is 8.07. The van der Waals surface area contributed by atoms with E-state index in [1.807, 2.05) is 0 Å². The number of nitrogens with one attached hydrogen (secondary N) is 1. The number of unbranched alkanes of at least 4 members (excludes halogenated alkanes) is 1. The van der Waals surface area contributed by atoms with E-state index < -0.39 is 0 Å². The van der Waals surface area contributed by atoms with Gasteiger partial charge in [-0.1, -0.05) is 40.0 Å². The lowest BCUT2D eigenvalue weighted by Crippen LogP contribution is -2.35. The van der Waals surface area contributed by atoms with E-state index in [2.05, 4.69) is 26.1 Å². The Bertz CT molecular complexity index is 144. The first-order chi connectivity index (χ1) is 6.77. The van der Waals surface area contributed by atoms with Crippen LogP contribution in [0.15, 0.2) is 0 Å². The molecule has 1 heteroatoms. The average Bonchev–Trinajstić information content (AvgIpc) is 2.59. The summed E-state index contributed by atoms with van der Waals surface area (Å²) in [7, 11) is 0. The fraction of sp³-hybridized carbons (Fsp3) is 1.00. The molecule has 0 aromatic carbocycles. The predicted octanol–water partition coefficient (Wildman–Crippen LogP) is 3.59. The van der Waals surface area contributed by atoms with Crippen molar-refractivity contribution in [1.82, 2.24) is 5.32 Å². The van der Waals surface area contributed by atoms with E-state index in [4.69, 9.17) is 0 Å². The smallest absolute Gasteiger partial charge is 0.00953 e. The van der Waals surface area contributed by atoms with Crippen LogP contribution >= 0.6 is 0 Å². The minimum atomic E-state index is 0.810. The summed E-state index contributed by atoms with van der Waals surface area (Å²) in [6.07, 6.45) is 8.50. The lowest BCUT2D eigenvalue weighted by Gasteiger charge is -2.24. The van der Waals surface area contributed by atoms with E-state index in [9.17, 15) is 0 Å². The van der Waals surface area contributed by atoms with Crippen molar-refractivity contribution in [2.45, 2.75) is 65.3 Å². The molecule has 84 valence electrons. The molecule has 0 aromatic heterocycles. The van der Waals surface area contributed by atoms with Crippen LogP contribution in [0.3, 0.4) is 0 Å². The monoisotopic (exact) mass is 197 g/mol. The summed E-state index contributed by atoms with van der Waals surface area (Å²) in [6, 6.07) is 0.810. The number of rotatable bonds is 6. The molecule has 0 aromatic rings. The van der Waals surface area contributed by atoms with E-state index >= 15 is 0 Å². The van der Waals surface area contributed by atoms with Crippen LogP contribution < -0.4 is 5.32 Å². The van der Waals surface area contributed by atoms with Gasteiger partial charge in [0.25, 0.3) is 0 Å². The maximum absolute atomic E-state index is 3.68. The van der Waals surface area contributed by atoms with E-state index in [1.54, 1.807) is 0 Å². The van der Waals surface area contributed by atoms with Gasteiger partial charge >= 0.3 is 0 Å². The van der Waals surface area contributed by atoms with Gasteiger partial charge < -0.3 is 5.32 Å². The Kier molecular flexibility index (Phi) is 5.54. The van der Waals surface area contributed by atoms with Gasteiger partial charge in [-0.3, -0.25) is 0 Å². The van der Waals surface area contributed by atoms with Crippen LogP contribution in [0, 0.1) is 11.8 Å². The van der Waals surface area contributed by atoms with Gasteiger partial charge in [-0.15, -0.1) is 0 Å². The molecule has 0 spiro atoms. The van der Waals surface area contributed by atoms with E-state index in [-0.39, 0.29) is 0 Å². The Balaban J connectivity index is 2.33. The second kappa shape index (κ2) is 6.44. The lowest BCUT2D eigenvalue weighted by molar-refractivity contribution is 0.331. The maximum Gasteiger partial charge on any atom is 0.00953 e. The third-order valence-corrected chi connectivity index (χ3v) is 3.64. The van der Waals surface area contributed by atoms with Crippen molar-refractivity contribution in [3.8, 4) is 0 Å². The first-order valence-corrected chi connectivity index (χ1v) is 6.51. The van der Waals surface area contributed by atoms with E-state index in [0.29, 0.717) is 0 Å². The van der Waals surface area contributed by atoms with Crippen LogP contribution in [-0.4, -0.2) is 12.6 Å². The Morgan fingerprint density at radius 3 is 2.57 bits per heavy atom. The van der Waals surface area contributed by atoms with Gasteiger partial charge in [0.2, 0.25) is 0 Å². The Morgan fingerprint density at radius 2 is 2.07 bits per heavy atom. The summed E-state index contributed by atoms with van der Waals surface area (Å²) in [5.74, 6) is 1.94. The molecule has 1 fully saturated rings. The van der Waals surface area contributed by atoms with Crippen LogP contribution in [0.25, 0.3) is 0 Å². The fourth-order valence-corrected chi connectivity index (χ4v) is 2.81. The SMILES string of the molecule is CCCCC(NCC)C1CCC(C)C1. The number of hydrogen-bond donors (Lipinski definition) is 1. The molecule has 1 N–H and O–H groups in total. The normalized spacial score (nSPS) is 29.4. The first kappa shape index (κ1) is 12.0. The average molecular weight is 197 g/mol. The van der Waals surface area contributed by atoms with E-state index in [0.717, 1.165) is 24.4 Å². The van der Waals surface area contributed by atoms with Gasteiger partial charge in [-0.2, -0.15) is 0 Å². The molecule has 1 aliphatic rings. The maximum atomic E-state index is 3.68. The molecule has 1 nitrogen and oxygen atoms in total. The van der Waals surface area contributed by atoms with Gasteiger partial charge in [-0.25, -0.2) is 0 Å². The topological polar surface area (TPSA) is 12.0 Å². The van der Waals surface area contributed by atoms with Gasteiger partial charge in [-0.05, 0) is 37.6 Å². The molecule has 0 radical (unpaired) electrons. The van der Waals surface area contributed by atoms with Gasteiger partial charge in [0.15, 0.2) is 0 Å². The molecular formula is C13H27N. The fourth-order valence-electron chi connectivity index (χ4n) is 2.81. The first-order valence-electron chi connectivity index (χ1n) is 6.51. The summed E-state index contributed by atoms with van der Waals surface area (Å²) in [5.41, 5.74) is 0. The molecule has 0 amide bonds. The zero-order chi connectivity index (χ0) is 10.4. The van der Waals surface area contributed by atoms with Crippen molar-refractivity contribution in [2.75, 3.05) is 6.54 Å². The van der Waals surface area contributed by atoms with Crippen LogP contribution in [0.5, 0.6) is 0 Å². The molecule has 1 rings (SSSR count). The van der Waals surface area contributed by atoms with Crippen LogP contribution in [0.1, 0.15) is 59.3 Å². The molecule has 0 bridgehead atoms. The van der Waals surface area contributed by atoms with Crippen molar-refractivity contribution in [3.63, 3.8) is 0 Å². The molecule has 3 unspecified atom stereocenters. The van der Waals surface area contributed by atoms with Crippen molar-refractivity contribution < 1.29 is 0 Å². The van der Waals surface area contributed by atoms with Crippen LogP contribution in [0.4, 0.5) is 0 Å². The molecule has 0 heterocycles. The van der Waals surface area contributed by atoms with Crippen molar-refractivity contribution in [3.05, 3.63) is 0 Å².